The molecule has 0 aliphatic heterocycles. The Hall–Kier alpha value is -1.39. The molecule has 0 radical (unpaired) electrons. The van der Waals surface area contributed by atoms with Crippen LogP contribution in [0.25, 0.3) is 0 Å². The first-order chi connectivity index (χ1) is 13.0. The van der Waals surface area contributed by atoms with Crippen LogP contribution in [-0.2, 0) is 31.1 Å². The van der Waals surface area contributed by atoms with Crippen LogP contribution in [0.2, 0.25) is 0 Å². The van der Waals surface area contributed by atoms with Gasteiger partial charge in [-0.05, 0) is 67.8 Å². The topological polar surface area (TPSA) is 82.9 Å². The van der Waals surface area contributed by atoms with Gasteiger partial charge in [-0.25, -0.2) is 4.98 Å². The lowest BCUT2D eigenvalue weighted by Crippen LogP contribution is -2.21. The maximum Gasteiger partial charge on any atom is 0.102 e. The quantitative estimate of drug-likeness (QED) is 0.809. The molecule has 6 heteroatoms. The van der Waals surface area contributed by atoms with Gasteiger partial charge in [0.25, 0.3) is 0 Å². The van der Waals surface area contributed by atoms with E-state index in [1.165, 1.54) is 38.4 Å². The molecule has 0 amide bonds. The van der Waals surface area contributed by atoms with E-state index in [-0.39, 0.29) is 12.0 Å². The summed E-state index contributed by atoms with van der Waals surface area (Å²) in [6, 6.07) is 2.50. The van der Waals surface area contributed by atoms with Crippen molar-refractivity contribution < 1.29 is 5.11 Å². The fourth-order valence-electron chi connectivity index (χ4n) is 3.95. The predicted octanol–water partition coefficient (Wildman–Crippen LogP) is 3.99. The predicted molar refractivity (Wildman–Crippen MR) is 112 cm³/mol. The monoisotopic (exact) mass is 401 g/mol. The molecule has 2 aromatic rings. The maximum atomic E-state index is 9.68. The number of aliphatic hydroxyl groups is 1. The largest absolute Gasteiger partial charge is 0.395 e. The molecule has 0 saturated carbocycles. The smallest absolute Gasteiger partial charge is 0.102 e. The Morgan fingerprint density at radius 3 is 2.22 bits per heavy atom. The molecule has 1 heterocycles. The van der Waals surface area contributed by atoms with E-state index in [4.69, 9.17) is 0 Å². The highest BCUT2D eigenvalue weighted by molar-refractivity contribution is 8.01. The van der Waals surface area contributed by atoms with Gasteiger partial charge in [0.05, 0.1) is 28.6 Å². The number of nitrogens with two attached hydrogens (primary N) is 1. The zero-order valence-corrected chi connectivity index (χ0v) is 17.9. The van der Waals surface area contributed by atoms with Crippen molar-refractivity contribution in [3.63, 3.8) is 0 Å². The van der Waals surface area contributed by atoms with Crippen molar-refractivity contribution in [3.05, 3.63) is 39.0 Å². The first-order valence-corrected chi connectivity index (χ1v) is 11.1. The summed E-state index contributed by atoms with van der Waals surface area (Å²) >= 11 is 3.52. The first-order valence-electron chi connectivity index (χ1n) is 9.47. The van der Waals surface area contributed by atoms with Gasteiger partial charge < -0.3 is 10.8 Å². The molecule has 0 unspecified atom stereocenters. The standard InChI is InChI=1S/C20H22N2OS2.CH5N/c1-20(2,11-23)19-22-10-17(25-19)24-18-14-7-3-5-12(14)16(9-21)13-6-4-8-15(13)18;1-2/h10,23H,3-8,11H2,1-2H3;2H2,1H3. The summed E-state index contributed by atoms with van der Waals surface area (Å²) in [7, 11) is 1.50. The number of aliphatic hydroxyl groups excluding tert-OH is 1. The van der Waals surface area contributed by atoms with Crippen LogP contribution in [0.15, 0.2) is 15.3 Å². The summed E-state index contributed by atoms with van der Waals surface area (Å²) in [5.74, 6) is 0. The third-order valence-corrected chi connectivity index (χ3v) is 8.02. The van der Waals surface area contributed by atoms with Gasteiger partial charge in [0.1, 0.15) is 5.01 Å². The fourth-order valence-corrected chi connectivity index (χ4v) is 6.35. The van der Waals surface area contributed by atoms with E-state index in [9.17, 15) is 10.4 Å². The number of hydrogen-bond acceptors (Lipinski definition) is 6. The van der Waals surface area contributed by atoms with Crippen LogP contribution in [0.3, 0.4) is 0 Å². The van der Waals surface area contributed by atoms with E-state index in [1.807, 2.05) is 31.8 Å². The van der Waals surface area contributed by atoms with E-state index in [1.54, 1.807) is 11.3 Å². The molecule has 144 valence electrons. The Morgan fingerprint density at radius 1 is 1.15 bits per heavy atom. The van der Waals surface area contributed by atoms with Crippen LogP contribution in [-0.4, -0.2) is 23.7 Å². The molecule has 2 aliphatic carbocycles. The van der Waals surface area contributed by atoms with Crippen molar-refractivity contribution in [2.75, 3.05) is 13.7 Å². The Labute approximate surface area is 169 Å². The van der Waals surface area contributed by atoms with Crippen molar-refractivity contribution in [2.24, 2.45) is 5.73 Å². The lowest BCUT2D eigenvalue weighted by atomic mass is 9.95. The van der Waals surface area contributed by atoms with E-state index in [2.05, 4.69) is 16.8 Å². The van der Waals surface area contributed by atoms with Crippen LogP contribution < -0.4 is 5.73 Å². The minimum atomic E-state index is -0.294. The van der Waals surface area contributed by atoms with Gasteiger partial charge in [-0.1, -0.05) is 25.6 Å². The summed E-state index contributed by atoms with van der Waals surface area (Å²) in [5.41, 5.74) is 10.6. The average Bonchev–Trinajstić information content (AvgIpc) is 3.43. The van der Waals surface area contributed by atoms with Crippen molar-refractivity contribution in [2.45, 2.75) is 66.9 Å². The van der Waals surface area contributed by atoms with Gasteiger partial charge in [-0.15, -0.1) is 11.3 Å². The lowest BCUT2D eigenvalue weighted by molar-refractivity contribution is 0.218. The zero-order valence-electron chi connectivity index (χ0n) is 16.3. The van der Waals surface area contributed by atoms with Crippen LogP contribution >= 0.6 is 23.1 Å². The van der Waals surface area contributed by atoms with Gasteiger partial charge in [0, 0.05) is 10.3 Å². The lowest BCUT2D eigenvalue weighted by Gasteiger charge is -2.18. The summed E-state index contributed by atoms with van der Waals surface area (Å²) in [6.07, 6.45) is 8.54. The van der Waals surface area contributed by atoms with Gasteiger partial charge in [-0.3, -0.25) is 0 Å². The molecule has 27 heavy (non-hydrogen) atoms. The Morgan fingerprint density at radius 2 is 1.70 bits per heavy atom. The highest BCUT2D eigenvalue weighted by Gasteiger charge is 2.30. The second-order valence-electron chi connectivity index (χ2n) is 7.57. The third-order valence-electron chi connectivity index (χ3n) is 5.36. The van der Waals surface area contributed by atoms with Crippen LogP contribution in [0.1, 0.15) is 59.5 Å². The number of hydrogen-bond donors (Lipinski definition) is 2. The molecule has 0 atom stereocenters. The van der Waals surface area contributed by atoms with Crippen LogP contribution in [0, 0.1) is 11.3 Å². The second-order valence-corrected chi connectivity index (χ2v) is 9.91. The molecule has 0 spiro atoms. The number of thiazole rings is 1. The maximum absolute atomic E-state index is 9.68. The van der Waals surface area contributed by atoms with Gasteiger partial charge in [-0.2, -0.15) is 5.26 Å². The van der Waals surface area contributed by atoms with Crippen molar-refractivity contribution in [3.8, 4) is 6.07 Å². The molecule has 0 saturated heterocycles. The molecule has 0 fully saturated rings. The number of nitrogens with zero attached hydrogens (tertiary/aromatic N) is 2. The number of fused-ring (bicyclic) bond motifs is 2. The summed E-state index contributed by atoms with van der Waals surface area (Å²) in [5, 5.41) is 20.3. The van der Waals surface area contributed by atoms with Gasteiger partial charge in [0.2, 0.25) is 0 Å². The molecule has 1 aromatic heterocycles. The molecule has 4 rings (SSSR count). The highest BCUT2D eigenvalue weighted by Crippen LogP contribution is 2.46. The van der Waals surface area contributed by atoms with E-state index in [0.29, 0.717) is 0 Å². The molecule has 3 N–H and O–H groups in total. The summed E-state index contributed by atoms with van der Waals surface area (Å²) in [6.45, 7) is 4.15. The number of rotatable bonds is 4. The molecule has 0 bridgehead atoms. The number of nitriles is 1. The second kappa shape index (κ2) is 8.32. The van der Waals surface area contributed by atoms with Crippen molar-refractivity contribution in [1.29, 1.82) is 5.26 Å². The minimum absolute atomic E-state index is 0.103. The van der Waals surface area contributed by atoms with Crippen molar-refractivity contribution >= 4 is 23.1 Å². The average molecular weight is 402 g/mol. The van der Waals surface area contributed by atoms with E-state index < -0.39 is 0 Å². The molecular weight excluding hydrogens is 374 g/mol. The molecule has 1 aromatic carbocycles. The molecular formula is C21H27N3OS2. The van der Waals surface area contributed by atoms with Gasteiger partial charge in [0.15, 0.2) is 0 Å². The SMILES string of the molecule is CC(C)(CO)c1ncc(Sc2c3c(c(C#N)c4c2CCC4)CCC3)s1.CN. The Bertz CT molecular complexity index is 845. The fraction of sp³-hybridized carbons (Fsp3) is 0.524. The Kier molecular flexibility index (Phi) is 6.27. The summed E-state index contributed by atoms with van der Waals surface area (Å²) < 4.78 is 1.18. The number of benzene rings is 1. The third kappa shape index (κ3) is 3.66. The highest BCUT2D eigenvalue weighted by atomic mass is 32.2. The van der Waals surface area contributed by atoms with E-state index in [0.717, 1.165) is 49.1 Å². The minimum Gasteiger partial charge on any atom is -0.395 e. The normalized spacial score (nSPS) is 15.0. The Balaban J connectivity index is 0.00000102. The summed E-state index contributed by atoms with van der Waals surface area (Å²) in [4.78, 5) is 5.96. The first kappa shape index (κ1) is 20.3. The van der Waals surface area contributed by atoms with Gasteiger partial charge >= 0.3 is 0 Å². The molecule has 4 nitrogen and oxygen atoms in total. The van der Waals surface area contributed by atoms with Crippen molar-refractivity contribution in [1.82, 2.24) is 4.98 Å². The van der Waals surface area contributed by atoms with Crippen LogP contribution in [0.5, 0.6) is 0 Å². The van der Waals surface area contributed by atoms with E-state index >= 15 is 0 Å². The van der Waals surface area contributed by atoms with Crippen LogP contribution in [0.4, 0.5) is 0 Å². The molecule has 2 aliphatic rings. The zero-order chi connectivity index (χ0) is 19.6. The number of aromatic nitrogens is 1.